The monoisotopic (exact) mass is 366 g/mol. The number of hydrogen-bond acceptors (Lipinski definition) is 2. The lowest BCUT2D eigenvalue weighted by Crippen LogP contribution is -2.11. The van der Waals surface area contributed by atoms with Crippen LogP contribution in [0.4, 0.5) is 11.4 Å². The lowest BCUT2D eigenvalue weighted by atomic mass is 9.91. The summed E-state index contributed by atoms with van der Waals surface area (Å²) in [7, 11) is 1.89. The van der Waals surface area contributed by atoms with Gasteiger partial charge in [-0.15, -0.1) is 12.8 Å². The Bertz CT molecular complexity index is 461. The fourth-order valence-corrected chi connectivity index (χ4v) is 2.81. The average Bonchev–Trinajstić information content (AvgIpc) is 2.63. The molecule has 0 radical (unpaired) electrons. The van der Waals surface area contributed by atoms with E-state index in [0.717, 1.165) is 27.9 Å². The van der Waals surface area contributed by atoms with Crippen molar-refractivity contribution < 1.29 is 0 Å². The molecule has 0 saturated heterocycles. The summed E-state index contributed by atoms with van der Waals surface area (Å²) in [4.78, 5) is 0. The van der Waals surface area contributed by atoms with Gasteiger partial charge >= 0.3 is 0 Å². The van der Waals surface area contributed by atoms with E-state index < -0.39 is 0 Å². The number of hydrogen-bond donors (Lipinski definition) is 2. The number of anilines is 2. The Morgan fingerprint density at radius 3 is 1.96 bits per heavy atom. The van der Waals surface area contributed by atoms with E-state index >= 15 is 0 Å². The van der Waals surface area contributed by atoms with Gasteiger partial charge in [0.15, 0.2) is 0 Å². The van der Waals surface area contributed by atoms with Crippen molar-refractivity contribution in [1.29, 1.82) is 0 Å². The van der Waals surface area contributed by atoms with Gasteiger partial charge in [0.25, 0.3) is 0 Å². The van der Waals surface area contributed by atoms with E-state index in [1.807, 2.05) is 33.9 Å². The second kappa shape index (κ2) is 16.2. The van der Waals surface area contributed by atoms with E-state index in [2.05, 4.69) is 50.3 Å². The first-order valence-corrected chi connectivity index (χ1v) is 9.89. The summed E-state index contributed by atoms with van der Waals surface area (Å²) < 4.78 is 0. The Hall–Kier alpha value is -1.33. The van der Waals surface area contributed by atoms with Crippen molar-refractivity contribution in [3.05, 3.63) is 22.7 Å². The molecule has 0 bridgehead atoms. The summed E-state index contributed by atoms with van der Waals surface area (Å²) in [6.07, 6.45) is 15.4. The van der Waals surface area contributed by atoms with Crippen molar-refractivity contribution in [3.63, 3.8) is 0 Å². The molecule has 0 aromatic heterocycles. The highest BCUT2D eigenvalue weighted by Crippen LogP contribution is 2.28. The molecule has 0 aliphatic heterocycles. The van der Waals surface area contributed by atoms with Crippen LogP contribution < -0.4 is 10.6 Å². The normalized spacial score (nSPS) is 13.2. The van der Waals surface area contributed by atoms with Gasteiger partial charge in [0.2, 0.25) is 0 Å². The molecule has 0 amide bonds. The Morgan fingerprint density at radius 2 is 1.60 bits per heavy atom. The maximum Gasteiger partial charge on any atom is 0.0476 e. The fraction of sp³-hybridized carbons (Fsp3) is 0.636. The molecule has 1 fully saturated rings. The molecule has 1 aliphatic rings. The molecule has 1 aromatic rings. The molecule has 1 saturated carbocycles. The van der Waals surface area contributed by atoms with E-state index in [4.69, 9.17) is 11.6 Å². The Labute approximate surface area is 162 Å². The molecule has 2 rings (SSSR count). The SMILES string of the molecule is C#C.CC.CC1CCCCC1.CNc1cc(Cl)c(C)c(NC(C)C)c1. The average molecular weight is 367 g/mol. The summed E-state index contributed by atoms with van der Waals surface area (Å²) in [6, 6.07) is 4.42. The number of benzene rings is 1. The van der Waals surface area contributed by atoms with Gasteiger partial charge in [0, 0.05) is 29.5 Å². The van der Waals surface area contributed by atoms with Crippen molar-refractivity contribution in [2.24, 2.45) is 5.92 Å². The quantitative estimate of drug-likeness (QED) is 0.545. The van der Waals surface area contributed by atoms with E-state index in [1.54, 1.807) is 0 Å². The topological polar surface area (TPSA) is 24.1 Å². The zero-order valence-electron chi connectivity index (χ0n) is 17.4. The van der Waals surface area contributed by atoms with Crippen LogP contribution in [-0.4, -0.2) is 13.1 Å². The molecular formula is C22H39ClN2. The maximum atomic E-state index is 6.10. The van der Waals surface area contributed by atoms with Gasteiger partial charge in [-0.2, -0.15) is 0 Å². The molecule has 0 atom stereocenters. The third kappa shape index (κ3) is 11.8. The molecule has 2 N–H and O–H groups in total. The van der Waals surface area contributed by atoms with Crippen LogP contribution in [0.25, 0.3) is 0 Å². The summed E-state index contributed by atoms with van der Waals surface area (Å²) in [5.41, 5.74) is 3.22. The zero-order valence-corrected chi connectivity index (χ0v) is 18.1. The first-order valence-electron chi connectivity index (χ1n) is 9.51. The minimum Gasteiger partial charge on any atom is -0.388 e. The minimum atomic E-state index is 0.414. The largest absolute Gasteiger partial charge is 0.388 e. The van der Waals surface area contributed by atoms with Crippen LogP contribution in [0.3, 0.4) is 0 Å². The summed E-state index contributed by atoms with van der Waals surface area (Å²) >= 11 is 6.10. The fourth-order valence-electron chi connectivity index (χ4n) is 2.59. The van der Waals surface area contributed by atoms with Crippen LogP contribution in [0.2, 0.25) is 5.02 Å². The van der Waals surface area contributed by atoms with Gasteiger partial charge in [-0.25, -0.2) is 0 Å². The zero-order chi connectivity index (χ0) is 19.8. The molecule has 0 unspecified atom stereocenters. The molecule has 25 heavy (non-hydrogen) atoms. The van der Waals surface area contributed by atoms with Crippen molar-refractivity contribution in [1.82, 2.24) is 0 Å². The Balaban J connectivity index is 0. The van der Waals surface area contributed by atoms with Crippen LogP contribution in [-0.2, 0) is 0 Å². The predicted octanol–water partition coefficient (Wildman–Crippen LogP) is 7.37. The van der Waals surface area contributed by atoms with Crippen LogP contribution in [0.15, 0.2) is 12.1 Å². The third-order valence-corrected chi connectivity index (χ3v) is 4.36. The highest BCUT2D eigenvalue weighted by atomic mass is 35.5. The molecule has 2 nitrogen and oxygen atoms in total. The van der Waals surface area contributed by atoms with Gasteiger partial charge in [-0.1, -0.05) is 64.5 Å². The van der Waals surface area contributed by atoms with Crippen molar-refractivity contribution in [3.8, 4) is 12.8 Å². The summed E-state index contributed by atoms with van der Waals surface area (Å²) in [6.45, 7) is 12.6. The lowest BCUT2D eigenvalue weighted by molar-refractivity contribution is 0.385. The summed E-state index contributed by atoms with van der Waals surface area (Å²) in [5, 5.41) is 7.24. The van der Waals surface area contributed by atoms with Crippen LogP contribution in [0.5, 0.6) is 0 Å². The van der Waals surface area contributed by atoms with Gasteiger partial charge in [0.1, 0.15) is 0 Å². The third-order valence-electron chi connectivity index (χ3n) is 3.97. The van der Waals surface area contributed by atoms with Gasteiger partial charge < -0.3 is 10.6 Å². The van der Waals surface area contributed by atoms with Crippen molar-refractivity contribution in [2.75, 3.05) is 17.7 Å². The standard InChI is InChI=1S/C11H17ClN2.C7H14.C2H6.C2H2/c1-7(2)14-11-6-9(13-4)5-10(12)8(11)3;1-7-5-3-2-4-6-7;2*1-2/h5-7,13-14H,1-4H3;7H,2-6H2,1H3;1-2H3;1-2H. The molecular weight excluding hydrogens is 328 g/mol. The molecule has 144 valence electrons. The number of terminal acetylenes is 1. The minimum absolute atomic E-state index is 0.414. The second-order valence-electron chi connectivity index (χ2n) is 6.42. The highest BCUT2D eigenvalue weighted by Gasteiger charge is 2.06. The van der Waals surface area contributed by atoms with Crippen LogP contribution in [0.1, 0.15) is 72.3 Å². The number of nitrogens with one attached hydrogen (secondary N) is 2. The first-order chi connectivity index (χ1) is 11.9. The summed E-state index contributed by atoms with van der Waals surface area (Å²) in [5.74, 6) is 1.04. The van der Waals surface area contributed by atoms with Gasteiger partial charge in [-0.3, -0.25) is 0 Å². The van der Waals surface area contributed by atoms with E-state index in [1.165, 1.54) is 32.1 Å². The van der Waals surface area contributed by atoms with E-state index in [-0.39, 0.29) is 0 Å². The predicted molar refractivity (Wildman–Crippen MR) is 118 cm³/mol. The van der Waals surface area contributed by atoms with E-state index in [0.29, 0.717) is 6.04 Å². The maximum absolute atomic E-state index is 6.10. The molecule has 0 heterocycles. The first kappa shape index (κ1) is 25.9. The Kier molecular flexibility index (Phi) is 16.7. The van der Waals surface area contributed by atoms with Crippen molar-refractivity contribution >= 4 is 23.0 Å². The number of rotatable bonds is 3. The van der Waals surface area contributed by atoms with Gasteiger partial charge in [0.05, 0.1) is 0 Å². The molecule has 1 aliphatic carbocycles. The molecule has 0 spiro atoms. The smallest absolute Gasteiger partial charge is 0.0476 e. The highest BCUT2D eigenvalue weighted by molar-refractivity contribution is 6.32. The molecule has 1 aromatic carbocycles. The number of halogens is 1. The lowest BCUT2D eigenvalue weighted by Gasteiger charge is -2.15. The van der Waals surface area contributed by atoms with Crippen LogP contribution in [0, 0.1) is 25.7 Å². The van der Waals surface area contributed by atoms with Gasteiger partial charge in [-0.05, 0) is 44.4 Å². The molecule has 3 heteroatoms. The van der Waals surface area contributed by atoms with Crippen molar-refractivity contribution in [2.45, 2.75) is 79.7 Å². The van der Waals surface area contributed by atoms with Crippen LogP contribution >= 0.6 is 11.6 Å². The van der Waals surface area contributed by atoms with E-state index in [9.17, 15) is 0 Å². The Morgan fingerprint density at radius 1 is 1.08 bits per heavy atom. The second-order valence-corrected chi connectivity index (χ2v) is 6.83.